The van der Waals surface area contributed by atoms with Crippen molar-refractivity contribution in [2.75, 3.05) is 39.0 Å². The van der Waals surface area contributed by atoms with Gasteiger partial charge in [0.05, 0.1) is 0 Å². The van der Waals surface area contributed by atoms with E-state index < -0.39 is 0 Å². The zero-order chi connectivity index (χ0) is 12.9. The van der Waals surface area contributed by atoms with Gasteiger partial charge in [0, 0.05) is 32.2 Å². The number of rotatable bonds is 6. The molecule has 0 saturated carbocycles. The minimum atomic E-state index is 0.428. The lowest BCUT2D eigenvalue weighted by atomic mass is 9.83. The molecule has 0 spiro atoms. The third-order valence-electron chi connectivity index (χ3n) is 4.73. The van der Waals surface area contributed by atoms with Crippen molar-refractivity contribution in [1.82, 2.24) is 9.80 Å². The van der Waals surface area contributed by atoms with Gasteiger partial charge in [0.15, 0.2) is 0 Å². The van der Waals surface area contributed by atoms with Crippen LogP contribution in [0, 0.1) is 5.41 Å². The molecule has 17 heavy (non-hydrogen) atoms. The van der Waals surface area contributed by atoms with Gasteiger partial charge in [-0.05, 0) is 37.5 Å². The van der Waals surface area contributed by atoms with E-state index in [-0.39, 0.29) is 0 Å². The van der Waals surface area contributed by atoms with Crippen LogP contribution in [0.2, 0.25) is 0 Å². The molecule has 1 aliphatic heterocycles. The molecule has 0 N–H and O–H groups in total. The van der Waals surface area contributed by atoms with Crippen LogP contribution in [0.4, 0.5) is 0 Å². The SMILES string of the molecule is CCC1CN(CC(CC)(CC)CS)CCN1C. The van der Waals surface area contributed by atoms with Crippen molar-refractivity contribution in [2.24, 2.45) is 5.41 Å². The lowest BCUT2D eigenvalue weighted by Gasteiger charge is -2.43. The summed E-state index contributed by atoms with van der Waals surface area (Å²) >= 11 is 4.59. The first-order chi connectivity index (χ1) is 8.10. The summed E-state index contributed by atoms with van der Waals surface area (Å²) in [7, 11) is 2.26. The summed E-state index contributed by atoms with van der Waals surface area (Å²) in [5, 5.41) is 0. The van der Waals surface area contributed by atoms with Crippen LogP contribution in [0.5, 0.6) is 0 Å². The van der Waals surface area contributed by atoms with Crippen molar-refractivity contribution >= 4 is 12.6 Å². The predicted octanol–water partition coefficient (Wildman–Crippen LogP) is 2.75. The van der Waals surface area contributed by atoms with Gasteiger partial charge in [0.2, 0.25) is 0 Å². The van der Waals surface area contributed by atoms with Crippen LogP contribution in [-0.4, -0.2) is 54.8 Å². The second-order valence-electron chi connectivity index (χ2n) is 5.64. The maximum Gasteiger partial charge on any atom is 0.0218 e. The molecule has 0 aliphatic carbocycles. The summed E-state index contributed by atoms with van der Waals surface area (Å²) in [6.45, 7) is 11.8. The van der Waals surface area contributed by atoms with E-state index in [9.17, 15) is 0 Å². The van der Waals surface area contributed by atoms with Crippen LogP contribution in [-0.2, 0) is 0 Å². The lowest BCUT2D eigenvalue weighted by molar-refractivity contribution is 0.0601. The van der Waals surface area contributed by atoms with Crippen molar-refractivity contribution in [3.05, 3.63) is 0 Å². The molecular formula is C14H30N2S. The average Bonchev–Trinajstić information content (AvgIpc) is 2.38. The number of thiol groups is 1. The fraction of sp³-hybridized carbons (Fsp3) is 1.00. The van der Waals surface area contributed by atoms with Gasteiger partial charge in [-0.3, -0.25) is 4.90 Å². The largest absolute Gasteiger partial charge is 0.301 e. The normalized spacial score (nSPS) is 24.2. The average molecular weight is 258 g/mol. The summed E-state index contributed by atoms with van der Waals surface area (Å²) < 4.78 is 0. The van der Waals surface area contributed by atoms with Crippen LogP contribution in [0.15, 0.2) is 0 Å². The molecule has 0 radical (unpaired) electrons. The summed E-state index contributed by atoms with van der Waals surface area (Å²) in [5.74, 6) is 1.02. The molecule has 2 nitrogen and oxygen atoms in total. The zero-order valence-electron chi connectivity index (χ0n) is 12.1. The lowest BCUT2D eigenvalue weighted by Crippen LogP contribution is -2.53. The highest BCUT2D eigenvalue weighted by Crippen LogP contribution is 2.29. The van der Waals surface area contributed by atoms with Crippen LogP contribution in [0.1, 0.15) is 40.0 Å². The minimum absolute atomic E-state index is 0.428. The van der Waals surface area contributed by atoms with E-state index in [1.54, 1.807) is 0 Å². The van der Waals surface area contributed by atoms with Crippen molar-refractivity contribution in [2.45, 2.75) is 46.1 Å². The third-order valence-corrected chi connectivity index (χ3v) is 5.40. The molecule has 1 aliphatic rings. The van der Waals surface area contributed by atoms with Gasteiger partial charge in [-0.15, -0.1) is 0 Å². The Morgan fingerprint density at radius 2 is 1.82 bits per heavy atom. The third kappa shape index (κ3) is 3.87. The van der Waals surface area contributed by atoms with Crippen LogP contribution >= 0.6 is 12.6 Å². The molecule has 102 valence electrons. The first kappa shape index (κ1) is 15.3. The van der Waals surface area contributed by atoms with Gasteiger partial charge >= 0.3 is 0 Å². The Hall–Kier alpha value is 0.270. The van der Waals surface area contributed by atoms with E-state index in [0.29, 0.717) is 5.41 Å². The van der Waals surface area contributed by atoms with E-state index in [2.05, 4.69) is 50.2 Å². The fourth-order valence-electron chi connectivity index (χ4n) is 2.82. The van der Waals surface area contributed by atoms with Gasteiger partial charge < -0.3 is 4.90 Å². The monoisotopic (exact) mass is 258 g/mol. The quantitative estimate of drug-likeness (QED) is 0.732. The summed E-state index contributed by atoms with van der Waals surface area (Å²) in [5.41, 5.74) is 0.428. The molecule has 0 bridgehead atoms. The molecular weight excluding hydrogens is 228 g/mol. The highest BCUT2D eigenvalue weighted by molar-refractivity contribution is 7.80. The Morgan fingerprint density at radius 1 is 1.18 bits per heavy atom. The van der Waals surface area contributed by atoms with E-state index in [4.69, 9.17) is 0 Å². The van der Waals surface area contributed by atoms with Crippen molar-refractivity contribution in [3.63, 3.8) is 0 Å². The van der Waals surface area contributed by atoms with Crippen LogP contribution < -0.4 is 0 Å². The highest BCUT2D eigenvalue weighted by Gasteiger charge is 2.30. The molecule has 1 saturated heterocycles. The smallest absolute Gasteiger partial charge is 0.0218 e. The van der Waals surface area contributed by atoms with E-state index in [0.717, 1.165) is 11.8 Å². The molecule has 1 unspecified atom stereocenters. The molecule has 0 aromatic carbocycles. The zero-order valence-corrected chi connectivity index (χ0v) is 13.0. The second kappa shape index (κ2) is 7.01. The Labute approximate surface area is 113 Å². The summed E-state index contributed by atoms with van der Waals surface area (Å²) in [6, 6.07) is 0.745. The molecule has 0 aromatic rings. The number of nitrogens with zero attached hydrogens (tertiary/aromatic N) is 2. The van der Waals surface area contributed by atoms with Crippen LogP contribution in [0.25, 0.3) is 0 Å². The maximum atomic E-state index is 4.59. The predicted molar refractivity (Wildman–Crippen MR) is 80.0 cm³/mol. The second-order valence-corrected chi connectivity index (χ2v) is 5.96. The van der Waals surface area contributed by atoms with E-state index >= 15 is 0 Å². The molecule has 1 fully saturated rings. The number of likely N-dealkylation sites (N-methyl/N-ethyl adjacent to an activating group) is 1. The Bertz CT molecular complexity index is 208. The number of hydrogen-bond donors (Lipinski definition) is 1. The van der Waals surface area contributed by atoms with Gasteiger partial charge in [-0.2, -0.15) is 12.6 Å². The van der Waals surface area contributed by atoms with Crippen molar-refractivity contribution in [3.8, 4) is 0 Å². The van der Waals surface area contributed by atoms with Gasteiger partial charge in [0.1, 0.15) is 0 Å². The molecule has 1 rings (SSSR count). The van der Waals surface area contributed by atoms with Crippen molar-refractivity contribution < 1.29 is 0 Å². The van der Waals surface area contributed by atoms with Crippen LogP contribution in [0.3, 0.4) is 0 Å². The van der Waals surface area contributed by atoms with Gasteiger partial charge in [-0.1, -0.05) is 20.8 Å². The topological polar surface area (TPSA) is 6.48 Å². The molecule has 0 amide bonds. The Morgan fingerprint density at radius 3 is 2.29 bits per heavy atom. The molecule has 0 aromatic heterocycles. The molecule has 1 heterocycles. The van der Waals surface area contributed by atoms with E-state index in [1.807, 2.05) is 0 Å². The maximum absolute atomic E-state index is 4.59. The molecule has 1 atom stereocenters. The van der Waals surface area contributed by atoms with Gasteiger partial charge in [-0.25, -0.2) is 0 Å². The first-order valence-corrected chi connectivity index (χ1v) is 7.77. The summed E-state index contributed by atoms with van der Waals surface area (Å²) in [4.78, 5) is 5.17. The Kier molecular flexibility index (Phi) is 6.32. The minimum Gasteiger partial charge on any atom is -0.301 e. The van der Waals surface area contributed by atoms with E-state index in [1.165, 1.54) is 45.4 Å². The highest BCUT2D eigenvalue weighted by atomic mass is 32.1. The van der Waals surface area contributed by atoms with Crippen molar-refractivity contribution in [1.29, 1.82) is 0 Å². The standard InChI is InChI=1S/C14H30N2S/c1-5-13-10-16(9-8-15(13)4)11-14(6-2,7-3)12-17/h13,17H,5-12H2,1-4H3. The van der Waals surface area contributed by atoms with Gasteiger partial charge in [0.25, 0.3) is 0 Å². The fourth-order valence-corrected chi connectivity index (χ4v) is 3.36. The Balaban J connectivity index is 2.56. The summed E-state index contributed by atoms with van der Waals surface area (Å²) in [6.07, 6.45) is 3.76. The number of hydrogen-bond acceptors (Lipinski definition) is 3. The molecule has 3 heteroatoms. The first-order valence-electron chi connectivity index (χ1n) is 7.14. The number of piperazine rings is 1.